The van der Waals surface area contributed by atoms with Crippen molar-refractivity contribution in [3.8, 4) is 5.75 Å². The van der Waals surface area contributed by atoms with Gasteiger partial charge in [-0.3, -0.25) is 0 Å². The highest BCUT2D eigenvalue weighted by Gasteiger charge is 2.19. The monoisotopic (exact) mass is 291 g/mol. The van der Waals surface area contributed by atoms with Gasteiger partial charge in [0.15, 0.2) is 0 Å². The van der Waals surface area contributed by atoms with Crippen LogP contribution in [0.2, 0.25) is 0 Å². The molecule has 1 aliphatic rings. The van der Waals surface area contributed by atoms with Gasteiger partial charge >= 0.3 is 0 Å². The molecule has 1 aromatic rings. The third-order valence-corrected chi connectivity index (χ3v) is 4.44. The number of rotatable bonds is 6. The molecule has 1 atom stereocenters. The lowest BCUT2D eigenvalue weighted by Crippen LogP contribution is -2.38. The van der Waals surface area contributed by atoms with Crippen molar-refractivity contribution in [1.82, 2.24) is 9.80 Å². The van der Waals surface area contributed by atoms with E-state index >= 15 is 0 Å². The zero-order valence-corrected chi connectivity index (χ0v) is 13.6. The molecule has 1 unspecified atom stereocenters. The quantitative estimate of drug-likeness (QED) is 0.870. The average molecular weight is 291 g/mol. The van der Waals surface area contributed by atoms with Crippen LogP contribution in [0.25, 0.3) is 0 Å². The van der Waals surface area contributed by atoms with Gasteiger partial charge in [-0.25, -0.2) is 0 Å². The van der Waals surface area contributed by atoms with Crippen molar-refractivity contribution in [3.05, 3.63) is 29.8 Å². The van der Waals surface area contributed by atoms with Gasteiger partial charge in [0.25, 0.3) is 0 Å². The van der Waals surface area contributed by atoms with Gasteiger partial charge in [0.05, 0.1) is 7.11 Å². The van der Waals surface area contributed by atoms with Gasteiger partial charge in [0, 0.05) is 19.1 Å². The topological polar surface area (TPSA) is 41.7 Å². The van der Waals surface area contributed by atoms with Crippen molar-refractivity contribution in [3.63, 3.8) is 0 Å². The number of piperidine rings is 1. The maximum absolute atomic E-state index is 6.34. The lowest BCUT2D eigenvalue weighted by Gasteiger charge is -2.32. The number of methoxy groups -OCH3 is 1. The summed E-state index contributed by atoms with van der Waals surface area (Å²) in [6.07, 6.45) is 2.60. The van der Waals surface area contributed by atoms with Gasteiger partial charge in [-0.05, 0) is 63.6 Å². The molecule has 21 heavy (non-hydrogen) atoms. The van der Waals surface area contributed by atoms with Crippen molar-refractivity contribution in [2.75, 3.05) is 47.4 Å². The summed E-state index contributed by atoms with van der Waals surface area (Å²) in [5.41, 5.74) is 7.48. The van der Waals surface area contributed by atoms with Crippen LogP contribution in [-0.4, -0.2) is 57.2 Å². The van der Waals surface area contributed by atoms with Crippen LogP contribution in [-0.2, 0) is 0 Å². The number of hydrogen-bond acceptors (Lipinski definition) is 4. The summed E-state index contributed by atoms with van der Waals surface area (Å²) in [4.78, 5) is 4.79. The van der Waals surface area contributed by atoms with Gasteiger partial charge in [-0.1, -0.05) is 12.1 Å². The molecule has 4 heteroatoms. The summed E-state index contributed by atoms with van der Waals surface area (Å²) >= 11 is 0. The Kier molecular flexibility index (Phi) is 6.03. The van der Waals surface area contributed by atoms with E-state index in [0.29, 0.717) is 0 Å². The van der Waals surface area contributed by atoms with E-state index in [2.05, 4.69) is 30.0 Å². The molecular formula is C17H29N3O. The molecule has 1 fully saturated rings. The summed E-state index contributed by atoms with van der Waals surface area (Å²) < 4.78 is 5.27. The van der Waals surface area contributed by atoms with Gasteiger partial charge in [0.2, 0.25) is 0 Å². The summed E-state index contributed by atoms with van der Waals surface area (Å²) in [5.74, 6) is 1.68. The number of likely N-dealkylation sites (tertiary alicyclic amines) is 1. The molecule has 2 rings (SSSR count). The molecule has 0 amide bonds. The first-order valence-electron chi connectivity index (χ1n) is 7.85. The van der Waals surface area contributed by atoms with E-state index in [0.717, 1.165) is 30.3 Å². The molecular weight excluding hydrogens is 262 g/mol. The van der Waals surface area contributed by atoms with Crippen molar-refractivity contribution >= 4 is 0 Å². The molecule has 1 heterocycles. The van der Waals surface area contributed by atoms with E-state index in [1.807, 2.05) is 18.2 Å². The van der Waals surface area contributed by atoms with Crippen LogP contribution in [0.1, 0.15) is 24.4 Å². The molecule has 0 aromatic heterocycles. The molecule has 4 nitrogen and oxygen atoms in total. The first-order valence-corrected chi connectivity index (χ1v) is 7.85. The zero-order chi connectivity index (χ0) is 15.2. The summed E-state index contributed by atoms with van der Waals surface area (Å²) in [6.45, 7) is 4.48. The Labute approximate surface area is 128 Å². The van der Waals surface area contributed by atoms with Crippen LogP contribution in [0.5, 0.6) is 5.75 Å². The van der Waals surface area contributed by atoms with Crippen LogP contribution < -0.4 is 10.5 Å². The second-order valence-electron chi connectivity index (χ2n) is 6.35. The lowest BCUT2D eigenvalue weighted by atomic mass is 9.96. The minimum absolute atomic E-state index is 0.0383. The van der Waals surface area contributed by atoms with Gasteiger partial charge in [-0.15, -0.1) is 0 Å². The fraction of sp³-hybridized carbons (Fsp3) is 0.647. The third-order valence-electron chi connectivity index (χ3n) is 4.44. The Bertz CT molecular complexity index is 430. The number of hydrogen-bond donors (Lipinski definition) is 1. The number of benzene rings is 1. The van der Waals surface area contributed by atoms with Gasteiger partial charge < -0.3 is 20.3 Å². The van der Waals surface area contributed by atoms with Crippen LogP contribution in [0.3, 0.4) is 0 Å². The van der Waals surface area contributed by atoms with Crippen LogP contribution in [0.4, 0.5) is 0 Å². The van der Waals surface area contributed by atoms with E-state index in [1.54, 1.807) is 7.11 Å². The van der Waals surface area contributed by atoms with Crippen LogP contribution >= 0.6 is 0 Å². The van der Waals surface area contributed by atoms with Crippen molar-refractivity contribution in [2.45, 2.75) is 18.9 Å². The largest absolute Gasteiger partial charge is 0.497 e. The third kappa shape index (κ3) is 4.99. The van der Waals surface area contributed by atoms with Crippen molar-refractivity contribution in [2.24, 2.45) is 11.7 Å². The summed E-state index contributed by atoms with van der Waals surface area (Å²) in [5, 5.41) is 0. The Balaban J connectivity index is 1.82. The van der Waals surface area contributed by atoms with Crippen LogP contribution in [0.15, 0.2) is 24.3 Å². The number of ether oxygens (including phenoxy) is 1. The minimum atomic E-state index is 0.0383. The van der Waals surface area contributed by atoms with Gasteiger partial charge in [0.1, 0.15) is 5.75 Å². The summed E-state index contributed by atoms with van der Waals surface area (Å²) in [6, 6.07) is 8.12. The lowest BCUT2D eigenvalue weighted by molar-refractivity contribution is 0.172. The Morgan fingerprint density at radius 2 is 2.10 bits per heavy atom. The Morgan fingerprint density at radius 1 is 1.38 bits per heavy atom. The van der Waals surface area contributed by atoms with Crippen LogP contribution in [0, 0.1) is 5.92 Å². The van der Waals surface area contributed by atoms with Crippen molar-refractivity contribution in [1.29, 1.82) is 0 Å². The molecule has 1 aromatic carbocycles. The standard InChI is InChI=1S/C17H29N3O/c1-19-9-7-14(8-10-19)12-20(2)13-17(18)15-5-4-6-16(11-15)21-3/h4-6,11,14,17H,7-10,12-13,18H2,1-3H3. The van der Waals surface area contributed by atoms with E-state index in [-0.39, 0.29) is 6.04 Å². The number of nitrogens with two attached hydrogens (primary N) is 1. The molecule has 0 radical (unpaired) electrons. The second-order valence-corrected chi connectivity index (χ2v) is 6.35. The fourth-order valence-corrected chi connectivity index (χ4v) is 3.07. The second kappa shape index (κ2) is 7.78. The average Bonchev–Trinajstić information content (AvgIpc) is 2.49. The minimum Gasteiger partial charge on any atom is -0.497 e. The predicted octanol–water partition coefficient (Wildman–Crippen LogP) is 1.97. The number of nitrogens with zero attached hydrogens (tertiary/aromatic N) is 2. The van der Waals surface area contributed by atoms with Crippen molar-refractivity contribution < 1.29 is 4.74 Å². The fourth-order valence-electron chi connectivity index (χ4n) is 3.07. The molecule has 0 aliphatic carbocycles. The SMILES string of the molecule is COc1cccc(C(N)CN(C)CC2CCN(C)CC2)c1. The van der Waals surface area contributed by atoms with E-state index in [1.165, 1.54) is 25.9 Å². The molecule has 0 saturated carbocycles. The molecule has 1 saturated heterocycles. The Morgan fingerprint density at radius 3 is 2.76 bits per heavy atom. The maximum Gasteiger partial charge on any atom is 0.119 e. The molecule has 0 bridgehead atoms. The zero-order valence-electron chi connectivity index (χ0n) is 13.6. The highest BCUT2D eigenvalue weighted by atomic mass is 16.5. The highest BCUT2D eigenvalue weighted by Crippen LogP contribution is 2.20. The first-order chi connectivity index (χ1) is 10.1. The Hall–Kier alpha value is -1.10. The smallest absolute Gasteiger partial charge is 0.119 e. The van der Waals surface area contributed by atoms with E-state index in [4.69, 9.17) is 10.5 Å². The van der Waals surface area contributed by atoms with E-state index in [9.17, 15) is 0 Å². The van der Waals surface area contributed by atoms with Gasteiger partial charge in [-0.2, -0.15) is 0 Å². The summed E-state index contributed by atoms with van der Waals surface area (Å²) in [7, 11) is 6.08. The number of likely N-dealkylation sites (N-methyl/N-ethyl adjacent to an activating group) is 1. The highest BCUT2D eigenvalue weighted by molar-refractivity contribution is 5.30. The predicted molar refractivity (Wildman–Crippen MR) is 87.6 cm³/mol. The van der Waals surface area contributed by atoms with E-state index < -0.39 is 0 Å². The molecule has 1 aliphatic heterocycles. The molecule has 118 valence electrons. The molecule has 2 N–H and O–H groups in total. The molecule has 0 spiro atoms. The normalized spacial score (nSPS) is 18.9. The maximum atomic E-state index is 6.34. The first kappa shape index (κ1) is 16.3.